The molecule has 0 aromatic carbocycles. The van der Waals surface area contributed by atoms with E-state index >= 15 is 0 Å². The Hall–Kier alpha value is -2.65. The first-order valence-corrected chi connectivity index (χ1v) is 8.10. The smallest absolute Gasteiger partial charge is 0.163 e. The van der Waals surface area contributed by atoms with Gasteiger partial charge < -0.3 is 9.47 Å². The molecule has 120 valence electrons. The number of rotatable bonds is 3. The Balaban J connectivity index is 1.88. The van der Waals surface area contributed by atoms with Gasteiger partial charge in [0.1, 0.15) is 23.1 Å². The zero-order valence-electron chi connectivity index (χ0n) is 13.4. The standard InChI is InChI=1S/C17H15ClN6/c1-10-5-11(7-19)20-8-14(10)24(12-3-4-12)15-6-13(18)16-17(22-15)23(2)9-21-16/h5-6,8-9,12H,3-4H2,1-2H3. The van der Waals surface area contributed by atoms with Gasteiger partial charge in [0.15, 0.2) is 5.65 Å². The zero-order valence-corrected chi connectivity index (χ0v) is 14.1. The fourth-order valence-corrected chi connectivity index (χ4v) is 3.10. The normalized spacial score (nSPS) is 13.9. The van der Waals surface area contributed by atoms with Gasteiger partial charge in [-0.05, 0) is 31.4 Å². The molecule has 0 saturated heterocycles. The van der Waals surface area contributed by atoms with E-state index in [-0.39, 0.29) is 0 Å². The SMILES string of the molecule is Cc1cc(C#N)ncc1N(c1cc(Cl)c2ncn(C)c2n1)C1CC1. The van der Waals surface area contributed by atoms with Crippen molar-refractivity contribution in [1.82, 2.24) is 19.5 Å². The first-order chi connectivity index (χ1) is 11.6. The number of hydrogen-bond acceptors (Lipinski definition) is 5. The fraction of sp³-hybridized carbons (Fsp3) is 0.294. The van der Waals surface area contributed by atoms with E-state index in [9.17, 15) is 0 Å². The molecule has 0 atom stereocenters. The Bertz CT molecular complexity index is 983. The molecule has 3 aromatic heterocycles. The monoisotopic (exact) mass is 338 g/mol. The van der Waals surface area contributed by atoms with E-state index in [2.05, 4.69) is 20.9 Å². The number of nitrogens with zero attached hydrogens (tertiary/aromatic N) is 6. The van der Waals surface area contributed by atoms with Crippen LogP contribution in [0.4, 0.5) is 11.5 Å². The maximum absolute atomic E-state index is 9.03. The Morgan fingerprint density at radius 2 is 2.12 bits per heavy atom. The van der Waals surface area contributed by atoms with Gasteiger partial charge in [0, 0.05) is 19.2 Å². The lowest BCUT2D eigenvalue weighted by Gasteiger charge is -2.25. The van der Waals surface area contributed by atoms with Crippen LogP contribution in [0.1, 0.15) is 24.1 Å². The number of halogens is 1. The summed E-state index contributed by atoms with van der Waals surface area (Å²) in [4.78, 5) is 15.5. The molecule has 0 spiro atoms. The van der Waals surface area contributed by atoms with Crippen LogP contribution in [0.2, 0.25) is 5.02 Å². The highest BCUT2D eigenvalue weighted by molar-refractivity contribution is 6.35. The topological polar surface area (TPSA) is 70.6 Å². The van der Waals surface area contributed by atoms with Crippen molar-refractivity contribution in [1.29, 1.82) is 5.26 Å². The molecule has 0 radical (unpaired) electrons. The van der Waals surface area contributed by atoms with E-state index in [1.165, 1.54) is 0 Å². The molecule has 24 heavy (non-hydrogen) atoms. The summed E-state index contributed by atoms with van der Waals surface area (Å²) in [5, 5.41) is 9.61. The van der Waals surface area contributed by atoms with Gasteiger partial charge in [0.2, 0.25) is 0 Å². The third-order valence-corrected chi connectivity index (χ3v) is 4.51. The number of fused-ring (bicyclic) bond motifs is 1. The number of aryl methyl sites for hydroxylation is 2. The van der Waals surface area contributed by atoms with Crippen LogP contribution in [-0.4, -0.2) is 25.6 Å². The van der Waals surface area contributed by atoms with Crippen LogP contribution >= 0.6 is 11.6 Å². The second kappa shape index (κ2) is 5.46. The number of imidazole rings is 1. The summed E-state index contributed by atoms with van der Waals surface area (Å²) in [6.07, 6.45) is 5.66. The van der Waals surface area contributed by atoms with Crippen molar-refractivity contribution in [2.24, 2.45) is 7.05 Å². The molecule has 6 nitrogen and oxygen atoms in total. The predicted octanol–water partition coefficient (Wildman–Crippen LogP) is 3.50. The van der Waals surface area contributed by atoms with Crippen LogP contribution in [-0.2, 0) is 7.05 Å². The molecule has 4 rings (SSSR count). The van der Waals surface area contributed by atoms with Gasteiger partial charge in [0.05, 0.1) is 23.2 Å². The van der Waals surface area contributed by atoms with E-state index in [4.69, 9.17) is 21.8 Å². The average molecular weight is 339 g/mol. The summed E-state index contributed by atoms with van der Waals surface area (Å²) >= 11 is 6.42. The highest BCUT2D eigenvalue weighted by atomic mass is 35.5. The molecule has 1 saturated carbocycles. The van der Waals surface area contributed by atoms with Crippen LogP contribution in [0.3, 0.4) is 0 Å². The van der Waals surface area contributed by atoms with Gasteiger partial charge in [-0.2, -0.15) is 5.26 Å². The minimum atomic E-state index is 0.382. The third kappa shape index (κ3) is 2.38. The number of aromatic nitrogens is 4. The van der Waals surface area contributed by atoms with Crippen molar-refractivity contribution in [3.05, 3.63) is 40.9 Å². The zero-order chi connectivity index (χ0) is 16.8. The molecule has 7 heteroatoms. The van der Waals surface area contributed by atoms with Crippen LogP contribution in [0.15, 0.2) is 24.7 Å². The number of nitriles is 1. The van der Waals surface area contributed by atoms with Gasteiger partial charge in [-0.25, -0.2) is 15.0 Å². The van der Waals surface area contributed by atoms with Crippen LogP contribution in [0.25, 0.3) is 11.2 Å². The van der Waals surface area contributed by atoms with Crippen molar-refractivity contribution in [3.8, 4) is 6.07 Å². The van der Waals surface area contributed by atoms with Crippen molar-refractivity contribution >= 4 is 34.3 Å². The molecule has 0 amide bonds. The molecule has 1 aliphatic carbocycles. The summed E-state index contributed by atoms with van der Waals surface area (Å²) in [6.45, 7) is 1.98. The Labute approximate surface area is 144 Å². The van der Waals surface area contributed by atoms with Crippen molar-refractivity contribution in [2.75, 3.05) is 4.90 Å². The van der Waals surface area contributed by atoms with Gasteiger partial charge in [0.25, 0.3) is 0 Å². The second-order valence-electron chi connectivity index (χ2n) is 6.06. The summed E-state index contributed by atoms with van der Waals surface area (Å²) < 4.78 is 1.86. The minimum Gasteiger partial charge on any atom is -0.322 e. The Kier molecular flexibility index (Phi) is 3.39. The van der Waals surface area contributed by atoms with Gasteiger partial charge >= 0.3 is 0 Å². The maximum atomic E-state index is 9.03. The molecule has 3 aromatic rings. The van der Waals surface area contributed by atoms with Gasteiger partial charge in [-0.1, -0.05) is 11.6 Å². The lowest BCUT2D eigenvalue weighted by atomic mass is 10.2. The summed E-state index contributed by atoms with van der Waals surface area (Å²) in [5.41, 5.74) is 3.83. The van der Waals surface area contributed by atoms with Crippen molar-refractivity contribution in [2.45, 2.75) is 25.8 Å². The summed E-state index contributed by atoms with van der Waals surface area (Å²) in [6, 6.07) is 6.11. The molecule has 0 N–H and O–H groups in total. The maximum Gasteiger partial charge on any atom is 0.163 e. The average Bonchev–Trinajstić information content (AvgIpc) is 3.33. The molecule has 0 unspecified atom stereocenters. The largest absolute Gasteiger partial charge is 0.322 e. The predicted molar refractivity (Wildman–Crippen MR) is 92.4 cm³/mol. The molecule has 1 fully saturated rings. The van der Waals surface area contributed by atoms with E-state index in [0.717, 1.165) is 35.6 Å². The number of anilines is 2. The summed E-state index contributed by atoms with van der Waals surface area (Å²) in [5.74, 6) is 0.785. The molecule has 0 aliphatic heterocycles. The first-order valence-electron chi connectivity index (χ1n) is 7.72. The van der Waals surface area contributed by atoms with E-state index < -0.39 is 0 Å². The van der Waals surface area contributed by atoms with Gasteiger partial charge in [-0.3, -0.25) is 0 Å². The lowest BCUT2D eigenvalue weighted by Crippen LogP contribution is -2.22. The Morgan fingerprint density at radius 3 is 2.79 bits per heavy atom. The quantitative estimate of drug-likeness (QED) is 0.731. The molecule has 1 aliphatic rings. The minimum absolute atomic E-state index is 0.382. The summed E-state index contributed by atoms with van der Waals surface area (Å²) in [7, 11) is 1.90. The fourth-order valence-electron chi connectivity index (χ4n) is 2.87. The number of pyridine rings is 2. The Morgan fingerprint density at radius 1 is 1.33 bits per heavy atom. The molecular weight excluding hydrogens is 324 g/mol. The van der Waals surface area contributed by atoms with Crippen LogP contribution < -0.4 is 4.90 Å². The second-order valence-corrected chi connectivity index (χ2v) is 6.47. The van der Waals surface area contributed by atoms with Crippen LogP contribution in [0.5, 0.6) is 0 Å². The van der Waals surface area contributed by atoms with E-state index in [1.807, 2.05) is 24.6 Å². The first kappa shape index (κ1) is 14.9. The van der Waals surface area contributed by atoms with Crippen LogP contribution in [0, 0.1) is 18.3 Å². The number of hydrogen-bond donors (Lipinski definition) is 0. The lowest BCUT2D eigenvalue weighted by molar-refractivity contribution is 0.907. The highest BCUT2D eigenvalue weighted by Gasteiger charge is 2.33. The van der Waals surface area contributed by atoms with E-state index in [1.54, 1.807) is 18.6 Å². The van der Waals surface area contributed by atoms with Crippen molar-refractivity contribution < 1.29 is 0 Å². The molecule has 0 bridgehead atoms. The highest BCUT2D eigenvalue weighted by Crippen LogP contribution is 2.40. The van der Waals surface area contributed by atoms with Crippen molar-refractivity contribution in [3.63, 3.8) is 0 Å². The third-order valence-electron chi connectivity index (χ3n) is 4.22. The van der Waals surface area contributed by atoms with Gasteiger partial charge in [-0.15, -0.1) is 0 Å². The van der Waals surface area contributed by atoms with E-state index in [0.29, 0.717) is 22.3 Å². The molecule has 3 heterocycles. The molecular formula is C17H15ClN6.